The largest absolute Gasteiger partial charge is 0.550 e. The van der Waals surface area contributed by atoms with E-state index in [4.69, 9.17) is 11.6 Å². The van der Waals surface area contributed by atoms with E-state index in [1.54, 1.807) is 38.1 Å². The van der Waals surface area contributed by atoms with Crippen molar-refractivity contribution in [1.82, 2.24) is 0 Å². The standard InChI is InChI=1S/C14H18ClNO3/c1-9(2)10(14(18)19)7-8-13(17)16-12-6-4-3-5-11(12)15/h3-6,9-10H,7-8H2,1-2H3,(H,16,17)(H,18,19)/p-1/t10-/m1/s1. The summed E-state index contributed by atoms with van der Waals surface area (Å²) >= 11 is 5.91. The zero-order valence-electron chi connectivity index (χ0n) is 11.0. The van der Waals surface area contributed by atoms with Gasteiger partial charge in [0, 0.05) is 18.3 Å². The van der Waals surface area contributed by atoms with E-state index < -0.39 is 11.9 Å². The van der Waals surface area contributed by atoms with Crippen LogP contribution in [0.4, 0.5) is 5.69 Å². The minimum Gasteiger partial charge on any atom is -0.550 e. The highest BCUT2D eigenvalue weighted by Crippen LogP contribution is 2.21. The molecule has 0 aliphatic carbocycles. The minimum atomic E-state index is -1.11. The first-order valence-corrected chi connectivity index (χ1v) is 6.55. The van der Waals surface area contributed by atoms with Crippen LogP contribution in [0.25, 0.3) is 0 Å². The van der Waals surface area contributed by atoms with Gasteiger partial charge in [0.1, 0.15) is 0 Å². The summed E-state index contributed by atoms with van der Waals surface area (Å²) in [4.78, 5) is 22.6. The van der Waals surface area contributed by atoms with Crippen LogP contribution in [0, 0.1) is 11.8 Å². The average Bonchev–Trinajstić information content (AvgIpc) is 2.31. The smallest absolute Gasteiger partial charge is 0.224 e. The van der Waals surface area contributed by atoms with Crippen molar-refractivity contribution in [3.8, 4) is 0 Å². The Hall–Kier alpha value is -1.55. The van der Waals surface area contributed by atoms with Crippen LogP contribution in [0.15, 0.2) is 24.3 Å². The normalized spacial score (nSPS) is 12.2. The zero-order valence-corrected chi connectivity index (χ0v) is 11.7. The number of anilines is 1. The van der Waals surface area contributed by atoms with Crippen molar-refractivity contribution in [2.24, 2.45) is 11.8 Å². The molecular formula is C14H17ClNO3-. The van der Waals surface area contributed by atoms with E-state index in [-0.39, 0.29) is 24.7 Å². The first kappa shape index (κ1) is 15.5. The Bertz CT molecular complexity index is 460. The van der Waals surface area contributed by atoms with E-state index in [1.807, 2.05) is 0 Å². The predicted octanol–water partition coefficient (Wildman–Crippen LogP) is 2.08. The second-order valence-electron chi connectivity index (χ2n) is 4.74. The Morgan fingerprint density at radius 1 is 1.32 bits per heavy atom. The van der Waals surface area contributed by atoms with Crippen LogP contribution in [-0.2, 0) is 9.59 Å². The molecule has 0 aromatic heterocycles. The van der Waals surface area contributed by atoms with Crippen molar-refractivity contribution in [1.29, 1.82) is 0 Å². The van der Waals surface area contributed by atoms with Gasteiger partial charge < -0.3 is 15.2 Å². The van der Waals surface area contributed by atoms with E-state index in [2.05, 4.69) is 5.32 Å². The van der Waals surface area contributed by atoms with Gasteiger partial charge in [-0.3, -0.25) is 4.79 Å². The molecule has 0 heterocycles. The van der Waals surface area contributed by atoms with Gasteiger partial charge in [0.25, 0.3) is 0 Å². The Morgan fingerprint density at radius 3 is 2.47 bits per heavy atom. The number of amides is 1. The summed E-state index contributed by atoms with van der Waals surface area (Å²) in [5.41, 5.74) is 0.531. The number of carbonyl (C=O) groups is 2. The fraction of sp³-hybridized carbons (Fsp3) is 0.429. The molecule has 1 amide bonds. The van der Waals surface area contributed by atoms with Crippen molar-refractivity contribution in [2.45, 2.75) is 26.7 Å². The Kier molecular flexibility index (Phi) is 5.83. The molecule has 0 aliphatic heterocycles. The summed E-state index contributed by atoms with van der Waals surface area (Å²) in [7, 11) is 0. The van der Waals surface area contributed by atoms with E-state index in [1.165, 1.54) is 0 Å². The number of hydrogen-bond acceptors (Lipinski definition) is 3. The van der Waals surface area contributed by atoms with Crippen LogP contribution in [0.3, 0.4) is 0 Å². The summed E-state index contributed by atoms with van der Waals surface area (Å²) in [6.45, 7) is 3.60. The molecule has 0 radical (unpaired) electrons. The van der Waals surface area contributed by atoms with E-state index in [9.17, 15) is 14.7 Å². The highest BCUT2D eigenvalue weighted by molar-refractivity contribution is 6.33. The molecule has 0 bridgehead atoms. The quantitative estimate of drug-likeness (QED) is 0.868. The maximum atomic E-state index is 11.7. The number of para-hydroxylation sites is 1. The third kappa shape index (κ3) is 4.91. The van der Waals surface area contributed by atoms with Crippen LogP contribution in [0.5, 0.6) is 0 Å². The van der Waals surface area contributed by atoms with Crippen LogP contribution in [0.1, 0.15) is 26.7 Å². The molecule has 1 aromatic rings. The molecule has 1 aromatic carbocycles. The maximum absolute atomic E-state index is 11.7. The molecule has 104 valence electrons. The van der Waals surface area contributed by atoms with Crippen LogP contribution in [0.2, 0.25) is 5.02 Å². The first-order chi connectivity index (χ1) is 8.91. The lowest BCUT2D eigenvalue weighted by Crippen LogP contribution is -2.35. The molecule has 19 heavy (non-hydrogen) atoms. The van der Waals surface area contributed by atoms with Crippen molar-refractivity contribution in [2.75, 3.05) is 5.32 Å². The first-order valence-electron chi connectivity index (χ1n) is 6.17. The molecule has 0 saturated carbocycles. The number of nitrogens with one attached hydrogen (secondary N) is 1. The van der Waals surface area contributed by atoms with Crippen LogP contribution < -0.4 is 10.4 Å². The molecule has 4 nitrogen and oxygen atoms in total. The number of benzene rings is 1. The monoisotopic (exact) mass is 282 g/mol. The third-order valence-corrected chi connectivity index (χ3v) is 3.27. The molecule has 1 atom stereocenters. The SMILES string of the molecule is CC(C)[C@@H](CCC(=O)Nc1ccccc1Cl)C(=O)[O-]. The number of halogens is 1. The summed E-state index contributed by atoms with van der Waals surface area (Å²) in [5, 5.41) is 14.0. The Balaban J connectivity index is 2.52. The molecule has 1 rings (SSSR count). The highest BCUT2D eigenvalue weighted by atomic mass is 35.5. The minimum absolute atomic E-state index is 0.0573. The molecule has 0 saturated heterocycles. The molecule has 0 fully saturated rings. The van der Waals surface area contributed by atoms with Crippen molar-refractivity contribution < 1.29 is 14.7 Å². The van der Waals surface area contributed by atoms with E-state index in [0.29, 0.717) is 10.7 Å². The Morgan fingerprint density at radius 2 is 1.95 bits per heavy atom. The molecular weight excluding hydrogens is 266 g/mol. The maximum Gasteiger partial charge on any atom is 0.224 e. The number of carboxylic acid groups (broad SMARTS) is 1. The van der Waals surface area contributed by atoms with Crippen LogP contribution >= 0.6 is 11.6 Å². The second kappa shape index (κ2) is 7.14. The zero-order chi connectivity index (χ0) is 14.4. The lowest BCUT2D eigenvalue weighted by atomic mass is 9.91. The Labute approximate surface area is 117 Å². The second-order valence-corrected chi connectivity index (χ2v) is 5.14. The summed E-state index contributed by atoms with van der Waals surface area (Å²) in [5.74, 6) is -2.03. The van der Waals surface area contributed by atoms with Gasteiger partial charge in [-0.15, -0.1) is 0 Å². The number of aliphatic carboxylic acids is 1. The molecule has 0 aliphatic rings. The van der Waals surface area contributed by atoms with Gasteiger partial charge in [0.2, 0.25) is 5.91 Å². The van der Waals surface area contributed by atoms with Gasteiger partial charge in [-0.1, -0.05) is 37.6 Å². The highest BCUT2D eigenvalue weighted by Gasteiger charge is 2.16. The molecule has 5 heteroatoms. The van der Waals surface area contributed by atoms with Crippen molar-refractivity contribution in [3.05, 3.63) is 29.3 Å². The van der Waals surface area contributed by atoms with Crippen molar-refractivity contribution >= 4 is 29.2 Å². The van der Waals surface area contributed by atoms with E-state index in [0.717, 1.165) is 0 Å². The van der Waals surface area contributed by atoms with Crippen molar-refractivity contribution in [3.63, 3.8) is 0 Å². The van der Waals surface area contributed by atoms with E-state index >= 15 is 0 Å². The van der Waals surface area contributed by atoms with Gasteiger partial charge in [0.15, 0.2) is 0 Å². The fourth-order valence-electron chi connectivity index (χ4n) is 1.79. The molecule has 1 N–H and O–H groups in total. The third-order valence-electron chi connectivity index (χ3n) is 2.94. The number of carbonyl (C=O) groups excluding carboxylic acids is 2. The van der Waals surface area contributed by atoms with Crippen LogP contribution in [-0.4, -0.2) is 11.9 Å². The molecule has 0 unspecified atom stereocenters. The summed E-state index contributed by atoms with van der Waals surface area (Å²) in [6.07, 6.45) is 0.387. The summed E-state index contributed by atoms with van der Waals surface area (Å²) in [6, 6.07) is 6.90. The van der Waals surface area contributed by atoms with Gasteiger partial charge in [-0.2, -0.15) is 0 Å². The van der Waals surface area contributed by atoms with Gasteiger partial charge in [0.05, 0.1) is 10.7 Å². The number of hydrogen-bond donors (Lipinski definition) is 1. The van der Waals surface area contributed by atoms with Gasteiger partial charge in [-0.05, 0) is 24.5 Å². The summed E-state index contributed by atoms with van der Waals surface area (Å²) < 4.78 is 0. The fourth-order valence-corrected chi connectivity index (χ4v) is 1.97. The molecule has 0 spiro atoms. The van der Waals surface area contributed by atoms with Gasteiger partial charge in [-0.25, -0.2) is 0 Å². The lowest BCUT2D eigenvalue weighted by molar-refractivity contribution is -0.313. The predicted molar refractivity (Wildman–Crippen MR) is 72.7 cm³/mol. The lowest BCUT2D eigenvalue weighted by Gasteiger charge is -2.21. The van der Waals surface area contributed by atoms with Gasteiger partial charge >= 0.3 is 0 Å². The number of carboxylic acids is 1. The number of rotatable bonds is 6. The average molecular weight is 283 g/mol. The topological polar surface area (TPSA) is 69.2 Å².